The number of ether oxygens (including phenoxy) is 1. The highest BCUT2D eigenvalue weighted by atomic mass is 35.5. The molecule has 3 rings (SSSR count). The van der Waals surface area contributed by atoms with Gasteiger partial charge in [0.2, 0.25) is 5.88 Å². The van der Waals surface area contributed by atoms with E-state index in [1.165, 1.54) is 12.1 Å². The van der Waals surface area contributed by atoms with Gasteiger partial charge in [0.25, 0.3) is 0 Å². The second kappa shape index (κ2) is 5.48. The molecule has 0 aliphatic heterocycles. The molecule has 4 nitrogen and oxygen atoms in total. The molecule has 1 aliphatic carbocycles. The van der Waals surface area contributed by atoms with E-state index in [4.69, 9.17) is 16.3 Å². The van der Waals surface area contributed by atoms with E-state index >= 15 is 0 Å². The molecule has 1 fully saturated rings. The summed E-state index contributed by atoms with van der Waals surface area (Å²) in [6, 6.07) is 4.33. The lowest BCUT2D eigenvalue weighted by Crippen LogP contribution is -2.04. The first-order valence-corrected chi connectivity index (χ1v) is 7.15. The molecule has 1 aromatic heterocycles. The first kappa shape index (κ1) is 14.1. The quantitative estimate of drug-likeness (QED) is 0.915. The van der Waals surface area contributed by atoms with Gasteiger partial charge >= 0.3 is 0 Å². The molecule has 0 unspecified atom stereocenters. The van der Waals surface area contributed by atoms with Gasteiger partial charge in [-0.2, -0.15) is 4.98 Å². The molecule has 1 saturated carbocycles. The number of nitrogens with zero attached hydrogens (tertiary/aromatic N) is 2. The molecule has 0 spiro atoms. The Hall–Kier alpha value is -1.88. The summed E-state index contributed by atoms with van der Waals surface area (Å²) in [6.45, 7) is 1.87. The van der Waals surface area contributed by atoms with Gasteiger partial charge < -0.3 is 10.1 Å². The van der Waals surface area contributed by atoms with Crippen LogP contribution in [0, 0.1) is 12.7 Å². The van der Waals surface area contributed by atoms with Crippen molar-refractivity contribution in [3.8, 4) is 11.6 Å². The third-order valence-electron chi connectivity index (χ3n) is 3.40. The molecule has 2 aromatic rings. The number of anilines is 1. The Bertz CT molecular complexity index is 689. The standard InChI is InChI=1S/C15H15ClFN3O/c1-8-13(18-2)19-14(9-3-4-9)20-15(8)21-10-5-6-11(16)12(17)7-10/h5-7,9H,3-4H2,1-2H3,(H,18,19,20). The van der Waals surface area contributed by atoms with Gasteiger partial charge in [0.05, 0.1) is 10.6 Å². The van der Waals surface area contributed by atoms with E-state index in [2.05, 4.69) is 15.3 Å². The van der Waals surface area contributed by atoms with Crippen molar-refractivity contribution in [2.75, 3.05) is 12.4 Å². The van der Waals surface area contributed by atoms with Gasteiger partial charge in [-0.3, -0.25) is 0 Å². The van der Waals surface area contributed by atoms with E-state index in [1.54, 1.807) is 13.1 Å². The molecular weight excluding hydrogens is 293 g/mol. The zero-order chi connectivity index (χ0) is 15.0. The smallest absolute Gasteiger partial charge is 0.227 e. The van der Waals surface area contributed by atoms with Crippen LogP contribution in [0.5, 0.6) is 11.6 Å². The maximum absolute atomic E-state index is 13.5. The van der Waals surface area contributed by atoms with Crippen LogP contribution in [0.1, 0.15) is 30.1 Å². The molecular formula is C15H15ClFN3O. The lowest BCUT2D eigenvalue weighted by molar-refractivity contribution is 0.450. The maximum atomic E-state index is 13.5. The van der Waals surface area contributed by atoms with Crippen molar-refractivity contribution in [1.29, 1.82) is 0 Å². The summed E-state index contributed by atoms with van der Waals surface area (Å²) in [4.78, 5) is 8.95. The highest BCUT2D eigenvalue weighted by molar-refractivity contribution is 6.30. The van der Waals surface area contributed by atoms with Crippen molar-refractivity contribution in [1.82, 2.24) is 9.97 Å². The average Bonchev–Trinajstić information content (AvgIpc) is 3.29. The lowest BCUT2D eigenvalue weighted by Gasteiger charge is -2.13. The topological polar surface area (TPSA) is 47.0 Å². The summed E-state index contributed by atoms with van der Waals surface area (Å²) >= 11 is 5.67. The predicted octanol–water partition coefficient (Wildman–Crippen LogP) is 4.29. The zero-order valence-electron chi connectivity index (χ0n) is 11.8. The van der Waals surface area contributed by atoms with Crippen molar-refractivity contribution < 1.29 is 9.13 Å². The Kier molecular flexibility index (Phi) is 3.68. The number of halogens is 2. The van der Waals surface area contributed by atoms with Crippen molar-refractivity contribution in [3.63, 3.8) is 0 Å². The second-order valence-electron chi connectivity index (χ2n) is 5.06. The van der Waals surface area contributed by atoms with E-state index in [0.717, 1.165) is 30.0 Å². The molecule has 0 bridgehead atoms. The molecule has 1 aromatic carbocycles. The predicted molar refractivity (Wildman–Crippen MR) is 79.8 cm³/mol. The summed E-state index contributed by atoms with van der Waals surface area (Å²) in [6.07, 6.45) is 2.20. The minimum atomic E-state index is -0.517. The van der Waals surface area contributed by atoms with Crippen LogP contribution in [0.4, 0.5) is 10.2 Å². The van der Waals surface area contributed by atoms with Crippen molar-refractivity contribution in [3.05, 3.63) is 40.4 Å². The van der Waals surface area contributed by atoms with Gasteiger partial charge in [-0.1, -0.05) is 11.6 Å². The minimum Gasteiger partial charge on any atom is -0.438 e. The van der Waals surface area contributed by atoms with Crippen molar-refractivity contribution in [2.45, 2.75) is 25.7 Å². The van der Waals surface area contributed by atoms with Crippen LogP contribution in [0.3, 0.4) is 0 Å². The number of hydrogen-bond acceptors (Lipinski definition) is 4. The Labute approximate surface area is 127 Å². The highest BCUT2D eigenvalue weighted by Gasteiger charge is 2.28. The number of rotatable bonds is 4. The summed E-state index contributed by atoms with van der Waals surface area (Å²) < 4.78 is 19.2. The van der Waals surface area contributed by atoms with Crippen LogP contribution < -0.4 is 10.1 Å². The molecule has 1 aliphatic rings. The molecule has 110 valence electrons. The van der Waals surface area contributed by atoms with Gasteiger partial charge in [0, 0.05) is 19.0 Å². The highest BCUT2D eigenvalue weighted by Crippen LogP contribution is 2.40. The van der Waals surface area contributed by atoms with Gasteiger partial charge in [0.1, 0.15) is 23.2 Å². The summed E-state index contributed by atoms with van der Waals surface area (Å²) in [7, 11) is 1.80. The summed E-state index contributed by atoms with van der Waals surface area (Å²) in [5.74, 6) is 2.20. The van der Waals surface area contributed by atoms with E-state index in [9.17, 15) is 4.39 Å². The average molecular weight is 308 g/mol. The van der Waals surface area contributed by atoms with Crippen molar-refractivity contribution >= 4 is 17.4 Å². The maximum Gasteiger partial charge on any atom is 0.227 e. The van der Waals surface area contributed by atoms with Crippen LogP contribution in [-0.2, 0) is 0 Å². The fourth-order valence-corrected chi connectivity index (χ4v) is 2.15. The molecule has 1 heterocycles. The van der Waals surface area contributed by atoms with Gasteiger partial charge in [-0.25, -0.2) is 9.37 Å². The fourth-order valence-electron chi connectivity index (χ4n) is 2.03. The second-order valence-corrected chi connectivity index (χ2v) is 5.47. The van der Waals surface area contributed by atoms with Gasteiger partial charge in [-0.15, -0.1) is 0 Å². The van der Waals surface area contributed by atoms with Gasteiger partial charge in [0.15, 0.2) is 0 Å². The first-order valence-electron chi connectivity index (χ1n) is 6.77. The monoisotopic (exact) mass is 307 g/mol. The van der Waals surface area contributed by atoms with Crippen LogP contribution in [0.2, 0.25) is 5.02 Å². The number of benzene rings is 1. The van der Waals surface area contributed by atoms with Crippen LogP contribution in [-0.4, -0.2) is 17.0 Å². The Morgan fingerprint density at radius 2 is 2.10 bits per heavy atom. The third kappa shape index (κ3) is 2.93. The SMILES string of the molecule is CNc1nc(C2CC2)nc(Oc2ccc(Cl)c(F)c2)c1C. The largest absolute Gasteiger partial charge is 0.438 e. The van der Waals surface area contributed by atoms with Crippen LogP contribution in [0.15, 0.2) is 18.2 Å². The molecule has 0 amide bonds. The van der Waals surface area contributed by atoms with E-state index < -0.39 is 5.82 Å². The fraction of sp³-hybridized carbons (Fsp3) is 0.333. The van der Waals surface area contributed by atoms with E-state index in [-0.39, 0.29) is 5.02 Å². The number of hydrogen-bond donors (Lipinski definition) is 1. The van der Waals surface area contributed by atoms with Crippen LogP contribution >= 0.6 is 11.6 Å². The van der Waals surface area contributed by atoms with E-state index in [1.807, 2.05) is 6.92 Å². The van der Waals surface area contributed by atoms with Gasteiger partial charge in [-0.05, 0) is 31.9 Å². The zero-order valence-corrected chi connectivity index (χ0v) is 12.5. The molecule has 0 radical (unpaired) electrons. The third-order valence-corrected chi connectivity index (χ3v) is 3.71. The molecule has 0 atom stereocenters. The molecule has 21 heavy (non-hydrogen) atoms. The van der Waals surface area contributed by atoms with E-state index in [0.29, 0.717) is 17.5 Å². The minimum absolute atomic E-state index is 0.0661. The normalized spacial score (nSPS) is 14.1. The van der Waals surface area contributed by atoms with Crippen LogP contribution in [0.25, 0.3) is 0 Å². The Balaban J connectivity index is 1.96. The molecule has 0 saturated heterocycles. The van der Waals surface area contributed by atoms with Crippen molar-refractivity contribution in [2.24, 2.45) is 0 Å². The molecule has 6 heteroatoms. The summed E-state index contributed by atoms with van der Waals surface area (Å²) in [5, 5.41) is 3.10. The number of aromatic nitrogens is 2. The first-order chi connectivity index (χ1) is 10.1. The Morgan fingerprint density at radius 3 is 2.71 bits per heavy atom. The number of nitrogens with one attached hydrogen (secondary N) is 1. The Morgan fingerprint density at radius 1 is 1.33 bits per heavy atom. The summed E-state index contributed by atoms with van der Waals surface area (Å²) in [5.41, 5.74) is 0.789. The lowest BCUT2D eigenvalue weighted by atomic mass is 10.3. The molecule has 1 N–H and O–H groups in total.